The fourth-order valence-electron chi connectivity index (χ4n) is 1.70. The lowest BCUT2D eigenvalue weighted by Gasteiger charge is -2.28. The second-order valence-corrected chi connectivity index (χ2v) is 3.71. The number of hydrogen-bond acceptors (Lipinski definition) is 5. The lowest BCUT2D eigenvalue weighted by Crippen LogP contribution is -2.36. The number of rotatable bonds is 2. The normalized spacial score (nSPS) is 16.6. The van der Waals surface area contributed by atoms with Gasteiger partial charge in [-0.1, -0.05) is 6.07 Å². The summed E-state index contributed by atoms with van der Waals surface area (Å²) in [6, 6.07) is 7.54. The van der Waals surface area contributed by atoms with E-state index in [4.69, 9.17) is 15.7 Å². The highest BCUT2D eigenvalue weighted by Gasteiger charge is 2.12. The molecule has 5 heteroatoms. The van der Waals surface area contributed by atoms with Gasteiger partial charge in [-0.25, -0.2) is 4.98 Å². The van der Waals surface area contributed by atoms with Crippen LogP contribution in [-0.4, -0.2) is 31.3 Å². The third-order valence-corrected chi connectivity index (χ3v) is 2.59. The molecule has 1 fully saturated rings. The first kappa shape index (κ1) is 11.4. The molecule has 1 aliphatic rings. The molecule has 17 heavy (non-hydrogen) atoms. The summed E-state index contributed by atoms with van der Waals surface area (Å²) >= 11 is 0. The Morgan fingerprint density at radius 3 is 2.94 bits per heavy atom. The first-order valence-electron chi connectivity index (χ1n) is 5.46. The van der Waals surface area contributed by atoms with Crippen molar-refractivity contribution in [2.24, 2.45) is 5.73 Å². The maximum atomic E-state index is 8.55. The van der Waals surface area contributed by atoms with Crippen molar-refractivity contribution in [1.82, 2.24) is 4.98 Å². The lowest BCUT2D eigenvalue weighted by atomic mass is 10.2. The van der Waals surface area contributed by atoms with Crippen LogP contribution in [0.3, 0.4) is 0 Å². The number of nitrogens with two attached hydrogens (primary N) is 1. The number of nitriles is 1. The number of ether oxygens (including phenoxy) is 1. The topological polar surface area (TPSA) is 75.2 Å². The van der Waals surface area contributed by atoms with Gasteiger partial charge in [-0.2, -0.15) is 5.26 Å². The van der Waals surface area contributed by atoms with Gasteiger partial charge in [0.05, 0.1) is 30.7 Å². The molecule has 0 unspecified atom stereocenters. The second-order valence-electron chi connectivity index (χ2n) is 3.71. The SMILES string of the molecule is N#C/C=C(\N)c1cccc(N2CCOCC2)n1. The summed E-state index contributed by atoms with van der Waals surface area (Å²) in [5.41, 5.74) is 6.76. The predicted octanol–water partition coefficient (Wildman–Crippen LogP) is 0.741. The van der Waals surface area contributed by atoms with Gasteiger partial charge < -0.3 is 15.4 Å². The van der Waals surface area contributed by atoms with Crippen molar-refractivity contribution in [3.05, 3.63) is 30.0 Å². The summed E-state index contributed by atoms with van der Waals surface area (Å²) in [7, 11) is 0. The molecule has 0 atom stereocenters. The Labute approximate surface area is 100 Å². The van der Waals surface area contributed by atoms with Gasteiger partial charge in [-0.15, -0.1) is 0 Å². The van der Waals surface area contributed by atoms with Gasteiger partial charge >= 0.3 is 0 Å². The molecule has 1 aliphatic heterocycles. The minimum Gasteiger partial charge on any atom is -0.396 e. The van der Waals surface area contributed by atoms with E-state index >= 15 is 0 Å². The van der Waals surface area contributed by atoms with Gasteiger partial charge in [-0.3, -0.25) is 0 Å². The summed E-state index contributed by atoms with van der Waals surface area (Å²) in [5.74, 6) is 0.875. The molecular weight excluding hydrogens is 216 g/mol. The van der Waals surface area contributed by atoms with Crippen molar-refractivity contribution in [1.29, 1.82) is 5.26 Å². The number of anilines is 1. The van der Waals surface area contributed by atoms with Crippen LogP contribution in [0.4, 0.5) is 5.82 Å². The molecule has 1 saturated heterocycles. The van der Waals surface area contributed by atoms with Crippen LogP contribution in [0.25, 0.3) is 5.70 Å². The average molecular weight is 230 g/mol. The zero-order chi connectivity index (χ0) is 12.1. The van der Waals surface area contributed by atoms with Crippen LogP contribution in [0.5, 0.6) is 0 Å². The minimum absolute atomic E-state index is 0.391. The highest BCUT2D eigenvalue weighted by molar-refractivity contribution is 5.63. The number of pyridine rings is 1. The largest absolute Gasteiger partial charge is 0.396 e. The van der Waals surface area contributed by atoms with Crippen LogP contribution >= 0.6 is 0 Å². The van der Waals surface area contributed by atoms with Crippen LogP contribution in [0, 0.1) is 11.3 Å². The van der Waals surface area contributed by atoms with E-state index in [2.05, 4.69) is 9.88 Å². The van der Waals surface area contributed by atoms with Crippen LogP contribution in [0.2, 0.25) is 0 Å². The zero-order valence-electron chi connectivity index (χ0n) is 9.47. The Hall–Kier alpha value is -2.06. The molecule has 5 nitrogen and oxygen atoms in total. The molecule has 0 bridgehead atoms. The van der Waals surface area contributed by atoms with E-state index in [0.717, 1.165) is 32.1 Å². The smallest absolute Gasteiger partial charge is 0.129 e. The Bertz CT molecular complexity index is 458. The van der Waals surface area contributed by atoms with Crippen molar-refractivity contribution < 1.29 is 4.74 Å². The molecule has 0 saturated carbocycles. The van der Waals surface area contributed by atoms with Crippen LogP contribution < -0.4 is 10.6 Å². The number of allylic oxidation sites excluding steroid dienone is 1. The Morgan fingerprint density at radius 1 is 1.47 bits per heavy atom. The maximum absolute atomic E-state index is 8.55. The van der Waals surface area contributed by atoms with Crippen LogP contribution in [0.1, 0.15) is 5.69 Å². The fraction of sp³-hybridized carbons (Fsp3) is 0.333. The molecule has 0 amide bonds. The Balaban J connectivity index is 2.22. The van der Waals surface area contributed by atoms with Crippen molar-refractivity contribution in [2.45, 2.75) is 0 Å². The van der Waals surface area contributed by atoms with Crippen molar-refractivity contribution in [2.75, 3.05) is 31.2 Å². The van der Waals surface area contributed by atoms with E-state index in [1.54, 1.807) is 6.07 Å². The summed E-state index contributed by atoms with van der Waals surface area (Å²) in [6.45, 7) is 3.10. The van der Waals surface area contributed by atoms with Crippen LogP contribution in [-0.2, 0) is 4.74 Å². The minimum atomic E-state index is 0.391. The fourth-order valence-corrected chi connectivity index (χ4v) is 1.70. The maximum Gasteiger partial charge on any atom is 0.129 e. The molecular formula is C12H14N4O. The molecule has 88 valence electrons. The van der Waals surface area contributed by atoms with Crippen molar-refractivity contribution >= 4 is 11.5 Å². The Morgan fingerprint density at radius 2 is 2.24 bits per heavy atom. The van der Waals surface area contributed by atoms with Crippen LogP contribution in [0.15, 0.2) is 24.3 Å². The molecule has 1 aromatic rings. The second kappa shape index (κ2) is 5.32. The van der Waals surface area contributed by atoms with Gasteiger partial charge in [0.25, 0.3) is 0 Å². The molecule has 2 heterocycles. The first-order chi connectivity index (χ1) is 8.31. The summed E-state index contributed by atoms with van der Waals surface area (Å²) < 4.78 is 5.29. The summed E-state index contributed by atoms with van der Waals surface area (Å²) in [6.07, 6.45) is 1.30. The van der Waals surface area contributed by atoms with Crippen molar-refractivity contribution in [3.8, 4) is 6.07 Å². The van der Waals surface area contributed by atoms with Crippen molar-refractivity contribution in [3.63, 3.8) is 0 Å². The third kappa shape index (κ3) is 2.74. The van der Waals surface area contributed by atoms with E-state index in [-0.39, 0.29) is 0 Å². The van der Waals surface area contributed by atoms with E-state index in [1.165, 1.54) is 6.08 Å². The summed E-state index contributed by atoms with van der Waals surface area (Å²) in [4.78, 5) is 6.59. The van der Waals surface area contributed by atoms with Gasteiger partial charge in [0, 0.05) is 19.2 Å². The quantitative estimate of drug-likeness (QED) is 0.758. The molecule has 0 radical (unpaired) electrons. The molecule has 1 aromatic heterocycles. The lowest BCUT2D eigenvalue weighted by molar-refractivity contribution is 0.122. The molecule has 0 spiro atoms. The summed E-state index contributed by atoms with van der Waals surface area (Å²) in [5, 5.41) is 8.55. The molecule has 2 rings (SSSR count). The van der Waals surface area contributed by atoms with E-state index < -0.39 is 0 Å². The predicted molar refractivity (Wildman–Crippen MR) is 65.0 cm³/mol. The number of morpholine rings is 1. The van der Waals surface area contributed by atoms with Gasteiger partial charge in [-0.05, 0) is 12.1 Å². The number of nitrogens with zero attached hydrogens (tertiary/aromatic N) is 3. The number of hydrogen-bond donors (Lipinski definition) is 1. The monoisotopic (exact) mass is 230 g/mol. The highest BCUT2D eigenvalue weighted by atomic mass is 16.5. The first-order valence-corrected chi connectivity index (χ1v) is 5.46. The molecule has 2 N–H and O–H groups in total. The van der Waals surface area contributed by atoms with Gasteiger partial charge in [0.15, 0.2) is 0 Å². The molecule has 0 aromatic carbocycles. The van der Waals surface area contributed by atoms with Gasteiger partial charge in [0.2, 0.25) is 0 Å². The average Bonchev–Trinajstić information content (AvgIpc) is 2.40. The highest BCUT2D eigenvalue weighted by Crippen LogP contribution is 2.15. The number of aromatic nitrogens is 1. The van der Waals surface area contributed by atoms with E-state index in [9.17, 15) is 0 Å². The zero-order valence-corrected chi connectivity index (χ0v) is 9.47. The third-order valence-electron chi connectivity index (χ3n) is 2.59. The molecule has 0 aliphatic carbocycles. The Kier molecular flexibility index (Phi) is 3.58. The standard InChI is InChI=1S/C12H14N4O/c13-5-4-10(14)11-2-1-3-12(15-11)16-6-8-17-9-7-16/h1-4H,6-9,14H2/b10-4-. The van der Waals surface area contributed by atoms with E-state index in [0.29, 0.717) is 11.4 Å². The van der Waals surface area contributed by atoms with Gasteiger partial charge in [0.1, 0.15) is 5.82 Å². The van der Waals surface area contributed by atoms with E-state index in [1.807, 2.05) is 18.2 Å².